The van der Waals surface area contributed by atoms with E-state index in [-0.39, 0.29) is 18.0 Å². The molecule has 0 heterocycles. The maximum absolute atomic E-state index is 11.5. The summed E-state index contributed by atoms with van der Waals surface area (Å²) in [7, 11) is 0. The molecular formula is C11H22N2O. The number of carbonyl (C=O) groups is 1. The van der Waals surface area contributed by atoms with E-state index in [2.05, 4.69) is 17.2 Å². The summed E-state index contributed by atoms with van der Waals surface area (Å²) in [5, 5.41) is 6.07. The Bertz CT molecular complexity index is 190. The largest absolute Gasteiger partial charge is 0.353 e. The van der Waals surface area contributed by atoms with Crippen LogP contribution in [0.4, 0.5) is 0 Å². The molecule has 82 valence electrons. The highest BCUT2D eigenvalue weighted by Crippen LogP contribution is 1.94. The molecule has 0 aliphatic carbocycles. The third-order valence-corrected chi connectivity index (χ3v) is 1.88. The van der Waals surface area contributed by atoms with Crippen molar-refractivity contribution in [2.75, 3.05) is 0 Å². The minimum Gasteiger partial charge on any atom is -0.353 e. The first-order chi connectivity index (χ1) is 6.47. The Balaban J connectivity index is 3.88. The minimum atomic E-state index is -0.146. The molecule has 0 spiro atoms. The zero-order valence-electron chi connectivity index (χ0n) is 9.63. The lowest BCUT2D eigenvalue weighted by molar-refractivity contribution is -0.123. The van der Waals surface area contributed by atoms with Crippen molar-refractivity contribution in [3.63, 3.8) is 0 Å². The quantitative estimate of drug-likeness (QED) is 0.634. The lowest BCUT2D eigenvalue weighted by Gasteiger charge is -2.19. The fraction of sp³-hybridized carbons (Fsp3) is 0.727. The van der Waals surface area contributed by atoms with Crippen LogP contribution in [0.5, 0.6) is 0 Å². The van der Waals surface area contributed by atoms with Crippen molar-refractivity contribution in [1.29, 1.82) is 0 Å². The summed E-state index contributed by atoms with van der Waals surface area (Å²) in [4.78, 5) is 11.5. The van der Waals surface area contributed by atoms with E-state index in [1.54, 1.807) is 0 Å². The van der Waals surface area contributed by atoms with E-state index in [9.17, 15) is 4.79 Å². The Hall–Kier alpha value is -0.830. The highest BCUT2D eigenvalue weighted by molar-refractivity contribution is 5.81. The normalized spacial score (nSPS) is 14.9. The van der Waals surface area contributed by atoms with Crippen LogP contribution in [0.2, 0.25) is 0 Å². The summed E-state index contributed by atoms with van der Waals surface area (Å²) in [6.07, 6.45) is 2.73. The SMILES string of the molecule is C=CCC(C)NC(C)C(=O)NC(C)C. The van der Waals surface area contributed by atoms with Gasteiger partial charge in [0.05, 0.1) is 6.04 Å². The molecule has 3 nitrogen and oxygen atoms in total. The molecule has 0 radical (unpaired) electrons. The predicted octanol–water partition coefficient (Wildman–Crippen LogP) is 1.45. The van der Waals surface area contributed by atoms with Gasteiger partial charge < -0.3 is 10.6 Å². The van der Waals surface area contributed by atoms with Crippen LogP contribution < -0.4 is 10.6 Å². The van der Waals surface area contributed by atoms with E-state index < -0.39 is 0 Å². The Morgan fingerprint density at radius 2 is 1.93 bits per heavy atom. The van der Waals surface area contributed by atoms with Gasteiger partial charge in [0.2, 0.25) is 5.91 Å². The molecular weight excluding hydrogens is 176 g/mol. The van der Waals surface area contributed by atoms with Gasteiger partial charge in [-0.3, -0.25) is 4.79 Å². The van der Waals surface area contributed by atoms with Gasteiger partial charge in [0.1, 0.15) is 0 Å². The first kappa shape index (κ1) is 13.2. The Labute approximate surface area is 87.0 Å². The average Bonchev–Trinajstić information content (AvgIpc) is 2.02. The summed E-state index contributed by atoms with van der Waals surface area (Å²) < 4.78 is 0. The number of carbonyl (C=O) groups excluding carboxylic acids is 1. The van der Waals surface area contributed by atoms with Crippen molar-refractivity contribution < 1.29 is 4.79 Å². The zero-order valence-corrected chi connectivity index (χ0v) is 9.63. The summed E-state index contributed by atoms with van der Waals surface area (Å²) in [6.45, 7) is 11.5. The number of hydrogen-bond acceptors (Lipinski definition) is 2. The highest BCUT2D eigenvalue weighted by Gasteiger charge is 2.14. The zero-order chi connectivity index (χ0) is 11.1. The predicted molar refractivity (Wildman–Crippen MR) is 60.2 cm³/mol. The third-order valence-electron chi connectivity index (χ3n) is 1.88. The molecule has 0 saturated carbocycles. The maximum atomic E-state index is 11.5. The molecule has 14 heavy (non-hydrogen) atoms. The maximum Gasteiger partial charge on any atom is 0.237 e. The first-order valence-corrected chi connectivity index (χ1v) is 5.14. The van der Waals surface area contributed by atoms with E-state index in [1.807, 2.05) is 33.8 Å². The van der Waals surface area contributed by atoms with Crippen LogP contribution in [-0.2, 0) is 4.79 Å². The van der Waals surface area contributed by atoms with Crippen LogP contribution in [0.3, 0.4) is 0 Å². The van der Waals surface area contributed by atoms with Gasteiger partial charge in [0.15, 0.2) is 0 Å². The van der Waals surface area contributed by atoms with Gasteiger partial charge in [-0.15, -0.1) is 6.58 Å². The number of nitrogens with one attached hydrogen (secondary N) is 2. The van der Waals surface area contributed by atoms with Crippen LogP contribution in [0.25, 0.3) is 0 Å². The molecule has 0 rings (SSSR count). The van der Waals surface area contributed by atoms with Gasteiger partial charge in [-0.05, 0) is 34.1 Å². The van der Waals surface area contributed by atoms with Crippen LogP contribution in [0.15, 0.2) is 12.7 Å². The second kappa shape index (κ2) is 6.60. The molecule has 0 saturated heterocycles. The number of rotatable bonds is 6. The Morgan fingerprint density at radius 1 is 1.36 bits per heavy atom. The monoisotopic (exact) mass is 198 g/mol. The lowest BCUT2D eigenvalue weighted by atomic mass is 10.2. The van der Waals surface area contributed by atoms with E-state index >= 15 is 0 Å². The molecule has 0 fully saturated rings. The van der Waals surface area contributed by atoms with Gasteiger partial charge in [0.25, 0.3) is 0 Å². The molecule has 0 aliphatic rings. The molecule has 0 aromatic carbocycles. The van der Waals surface area contributed by atoms with E-state index in [0.29, 0.717) is 6.04 Å². The standard InChI is InChI=1S/C11H22N2O/c1-6-7-9(4)13-10(5)11(14)12-8(2)3/h6,8-10,13H,1,7H2,2-5H3,(H,12,14). The fourth-order valence-electron chi connectivity index (χ4n) is 1.23. The van der Waals surface area contributed by atoms with Crippen molar-refractivity contribution >= 4 is 5.91 Å². The minimum absolute atomic E-state index is 0.0518. The van der Waals surface area contributed by atoms with Crippen LogP contribution in [-0.4, -0.2) is 24.0 Å². The van der Waals surface area contributed by atoms with E-state index in [1.165, 1.54) is 0 Å². The average molecular weight is 198 g/mol. The molecule has 0 bridgehead atoms. The summed E-state index contributed by atoms with van der Waals surface area (Å²) in [6, 6.07) is 0.342. The summed E-state index contributed by atoms with van der Waals surface area (Å²) in [5.41, 5.74) is 0. The van der Waals surface area contributed by atoms with Crippen molar-refractivity contribution in [3.8, 4) is 0 Å². The van der Waals surface area contributed by atoms with Crippen molar-refractivity contribution in [2.45, 2.75) is 52.2 Å². The van der Waals surface area contributed by atoms with Gasteiger partial charge in [-0.25, -0.2) is 0 Å². The number of hydrogen-bond donors (Lipinski definition) is 2. The van der Waals surface area contributed by atoms with Crippen LogP contribution >= 0.6 is 0 Å². The van der Waals surface area contributed by atoms with Crippen molar-refractivity contribution in [1.82, 2.24) is 10.6 Å². The molecule has 0 aromatic rings. The molecule has 2 atom stereocenters. The highest BCUT2D eigenvalue weighted by atomic mass is 16.2. The molecule has 1 amide bonds. The molecule has 3 heteroatoms. The number of amides is 1. The van der Waals surface area contributed by atoms with Gasteiger partial charge >= 0.3 is 0 Å². The van der Waals surface area contributed by atoms with Gasteiger partial charge in [-0.2, -0.15) is 0 Å². The van der Waals surface area contributed by atoms with E-state index in [4.69, 9.17) is 0 Å². The van der Waals surface area contributed by atoms with E-state index in [0.717, 1.165) is 6.42 Å². The van der Waals surface area contributed by atoms with Crippen LogP contribution in [0.1, 0.15) is 34.1 Å². The molecule has 0 aliphatic heterocycles. The molecule has 0 aromatic heterocycles. The third kappa shape index (κ3) is 5.75. The second-order valence-corrected chi connectivity index (χ2v) is 3.98. The first-order valence-electron chi connectivity index (χ1n) is 5.14. The van der Waals surface area contributed by atoms with Crippen LogP contribution in [0, 0.1) is 0 Å². The lowest BCUT2D eigenvalue weighted by Crippen LogP contribution is -2.47. The molecule has 2 unspecified atom stereocenters. The van der Waals surface area contributed by atoms with Crippen molar-refractivity contribution in [2.24, 2.45) is 0 Å². The summed E-state index contributed by atoms with van der Waals surface area (Å²) in [5.74, 6) is 0.0518. The van der Waals surface area contributed by atoms with Crippen molar-refractivity contribution in [3.05, 3.63) is 12.7 Å². The van der Waals surface area contributed by atoms with Gasteiger partial charge in [-0.1, -0.05) is 6.08 Å². The smallest absolute Gasteiger partial charge is 0.237 e. The topological polar surface area (TPSA) is 41.1 Å². The summed E-state index contributed by atoms with van der Waals surface area (Å²) >= 11 is 0. The second-order valence-electron chi connectivity index (χ2n) is 3.98. The Morgan fingerprint density at radius 3 is 2.36 bits per heavy atom. The van der Waals surface area contributed by atoms with Gasteiger partial charge in [0, 0.05) is 12.1 Å². The Kier molecular flexibility index (Phi) is 6.21. The fourth-order valence-corrected chi connectivity index (χ4v) is 1.23. The molecule has 2 N–H and O–H groups in total.